The molecule has 0 fully saturated rings. The summed E-state index contributed by atoms with van der Waals surface area (Å²) in [5.41, 5.74) is 2.95. The number of benzene rings is 3. The number of nitrogens with zero attached hydrogens (tertiary/aromatic N) is 1. The predicted molar refractivity (Wildman–Crippen MR) is 149 cm³/mol. The predicted octanol–water partition coefficient (Wildman–Crippen LogP) is 4.63. The van der Waals surface area contributed by atoms with Crippen LogP contribution in [0.2, 0.25) is 0 Å². The highest BCUT2D eigenvalue weighted by atomic mass is 16.6. The number of ketones is 3. The summed E-state index contributed by atoms with van der Waals surface area (Å²) in [5, 5.41) is 37.6. The first-order valence-electron chi connectivity index (χ1n) is 12.0. The Kier molecular flexibility index (Phi) is 13.7. The molecule has 0 atom stereocenters. The molecule has 0 radical (unpaired) electrons. The Hall–Kier alpha value is -5.12. The summed E-state index contributed by atoms with van der Waals surface area (Å²) in [6.45, 7) is 4.49. The van der Waals surface area contributed by atoms with Gasteiger partial charge in [0.1, 0.15) is 34.6 Å². The number of aldehydes is 1. The molecule has 3 aromatic carbocycles. The van der Waals surface area contributed by atoms with Crippen LogP contribution in [-0.4, -0.2) is 43.9 Å². The standard InChI is InChI=1S/C11H11NO4.C10H10O3.C9H10O2/c1-8(13)6-9-2-3-11(14)10(7-9)4-5-12(15)16;1-7(12)4-8-2-3-10(13)9(5-8)6-11;1-7(10)6-8-2-4-9(11)5-3-8/h2-5,7,14H,6H2,1H3;2-3,5-6,13H,4H2,1H3;2-5,11H,6H2,1H3/b5-4+;;. The van der Waals surface area contributed by atoms with Crippen molar-refractivity contribution < 1.29 is 39.4 Å². The minimum atomic E-state index is -0.614. The van der Waals surface area contributed by atoms with Crippen LogP contribution in [0.3, 0.4) is 0 Å². The summed E-state index contributed by atoms with van der Waals surface area (Å²) in [7, 11) is 0. The Morgan fingerprint density at radius 3 is 1.52 bits per heavy atom. The zero-order valence-electron chi connectivity index (χ0n) is 22.4. The van der Waals surface area contributed by atoms with E-state index in [0.29, 0.717) is 30.3 Å². The van der Waals surface area contributed by atoms with E-state index in [2.05, 4.69) is 0 Å². The molecule has 0 spiro atoms. The Balaban J connectivity index is 0.000000305. The number of nitro groups is 1. The second-order valence-electron chi connectivity index (χ2n) is 8.81. The van der Waals surface area contributed by atoms with Gasteiger partial charge in [-0.15, -0.1) is 0 Å². The fraction of sp³-hybridized carbons (Fsp3) is 0.200. The number of hydrogen-bond donors (Lipinski definition) is 3. The first-order valence-corrected chi connectivity index (χ1v) is 12.0. The minimum absolute atomic E-state index is 0.00473. The Bertz CT molecular complexity index is 1380. The molecule has 3 rings (SSSR count). The Morgan fingerprint density at radius 2 is 1.10 bits per heavy atom. The molecule has 0 aliphatic rings. The van der Waals surface area contributed by atoms with E-state index in [1.165, 1.54) is 38.1 Å². The summed E-state index contributed by atoms with van der Waals surface area (Å²) in [5.74, 6) is 0.290. The van der Waals surface area contributed by atoms with Crippen molar-refractivity contribution in [1.82, 2.24) is 0 Å². The topological polar surface area (TPSA) is 172 Å². The van der Waals surface area contributed by atoms with Gasteiger partial charge in [0, 0.05) is 30.9 Å². The zero-order valence-corrected chi connectivity index (χ0v) is 22.4. The summed E-state index contributed by atoms with van der Waals surface area (Å²) in [4.78, 5) is 52.2. The molecule has 0 saturated carbocycles. The number of phenols is 3. The van der Waals surface area contributed by atoms with Crippen LogP contribution in [0.15, 0.2) is 66.9 Å². The monoisotopic (exact) mass is 549 g/mol. The average molecular weight is 550 g/mol. The van der Waals surface area contributed by atoms with Crippen molar-refractivity contribution in [2.45, 2.75) is 40.0 Å². The maximum absolute atomic E-state index is 10.9. The number of carbonyl (C=O) groups excluding carboxylic acids is 4. The largest absolute Gasteiger partial charge is 0.508 e. The van der Waals surface area contributed by atoms with Crippen LogP contribution in [0.25, 0.3) is 6.08 Å². The van der Waals surface area contributed by atoms with Gasteiger partial charge in [0.05, 0.1) is 10.5 Å². The molecule has 0 heterocycles. The van der Waals surface area contributed by atoms with Crippen LogP contribution in [0.5, 0.6) is 17.2 Å². The van der Waals surface area contributed by atoms with Crippen LogP contribution in [-0.2, 0) is 33.6 Å². The van der Waals surface area contributed by atoms with Gasteiger partial charge in [0.25, 0.3) is 0 Å². The van der Waals surface area contributed by atoms with Gasteiger partial charge in [0.2, 0.25) is 6.20 Å². The van der Waals surface area contributed by atoms with Gasteiger partial charge in [0.15, 0.2) is 6.29 Å². The van der Waals surface area contributed by atoms with Crippen LogP contribution in [0.1, 0.15) is 53.4 Å². The van der Waals surface area contributed by atoms with Gasteiger partial charge in [-0.05, 0) is 73.9 Å². The molecule has 0 aliphatic heterocycles. The molecule has 40 heavy (non-hydrogen) atoms. The first kappa shape index (κ1) is 32.9. The molecular weight excluding hydrogens is 518 g/mol. The van der Waals surface area contributed by atoms with Crippen LogP contribution < -0.4 is 0 Å². The van der Waals surface area contributed by atoms with E-state index in [1.54, 1.807) is 49.4 Å². The van der Waals surface area contributed by atoms with Crippen LogP contribution >= 0.6 is 0 Å². The van der Waals surface area contributed by atoms with E-state index < -0.39 is 4.92 Å². The van der Waals surface area contributed by atoms with Crippen molar-refractivity contribution in [2.24, 2.45) is 0 Å². The van der Waals surface area contributed by atoms with Crippen LogP contribution in [0, 0.1) is 10.1 Å². The molecule has 0 aromatic heterocycles. The van der Waals surface area contributed by atoms with Gasteiger partial charge < -0.3 is 15.3 Å². The highest BCUT2D eigenvalue weighted by molar-refractivity contribution is 5.82. The van der Waals surface area contributed by atoms with E-state index in [4.69, 9.17) is 10.2 Å². The lowest BCUT2D eigenvalue weighted by atomic mass is 10.1. The molecule has 0 unspecified atom stereocenters. The lowest BCUT2D eigenvalue weighted by Gasteiger charge is -2.02. The van der Waals surface area contributed by atoms with E-state index in [9.17, 15) is 34.4 Å². The Labute approximate surface area is 231 Å². The quantitative estimate of drug-likeness (QED) is 0.195. The maximum atomic E-state index is 10.9. The summed E-state index contributed by atoms with van der Waals surface area (Å²) < 4.78 is 0. The molecule has 210 valence electrons. The first-order chi connectivity index (χ1) is 18.8. The van der Waals surface area contributed by atoms with Crippen molar-refractivity contribution in [3.8, 4) is 17.2 Å². The molecule has 3 aromatic rings. The molecule has 0 aliphatic carbocycles. The maximum Gasteiger partial charge on any atom is 0.235 e. The SMILES string of the molecule is CC(=O)Cc1ccc(O)c(/C=C/[N+](=O)[O-])c1.CC(=O)Cc1ccc(O)c(C=O)c1.CC(=O)Cc1ccc(O)cc1. The van der Waals surface area contributed by atoms with E-state index in [1.807, 2.05) is 0 Å². The number of Topliss-reactive ketones (excluding diaryl/α,β-unsaturated/α-hetero) is 3. The molecule has 3 N–H and O–H groups in total. The zero-order chi connectivity index (χ0) is 30.2. The lowest BCUT2D eigenvalue weighted by Crippen LogP contribution is -1.96. The van der Waals surface area contributed by atoms with Crippen molar-refractivity contribution in [3.63, 3.8) is 0 Å². The minimum Gasteiger partial charge on any atom is -0.508 e. The van der Waals surface area contributed by atoms with E-state index in [0.717, 1.165) is 17.3 Å². The van der Waals surface area contributed by atoms with Gasteiger partial charge >= 0.3 is 0 Å². The summed E-state index contributed by atoms with van der Waals surface area (Å²) in [6, 6.07) is 15.8. The van der Waals surface area contributed by atoms with Gasteiger partial charge in [-0.25, -0.2) is 0 Å². The van der Waals surface area contributed by atoms with Crippen molar-refractivity contribution >= 4 is 29.7 Å². The molecular formula is C30H31NO9. The third kappa shape index (κ3) is 13.4. The molecule has 0 amide bonds. The number of hydrogen-bond acceptors (Lipinski definition) is 9. The third-order valence-corrected chi connectivity index (χ3v) is 4.98. The normalized spacial score (nSPS) is 9.97. The highest BCUT2D eigenvalue weighted by Gasteiger charge is 2.04. The highest BCUT2D eigenvalue weighted by Crippen LogP contribution is 2.20. The van der Waals surface area contributed by atoms with Gasteiger partial charge in [-0.2, -0.15) is 0 Å². The number of aromatic hydroxyl groups is 3. The van der Waals surface area contributed by atoms with Crippen molar-refractivity contribution in [1.29, 1.82) is 0 Å². The Morgan fingerprint density at radius 1 is 0.700 bits per heavy atom. The second kappa shape index (κ2) is 16.7. The van der Waals surface area contributed by atoms with Crippen molar-refractivity contribution in [2.75, 3.05) is 0 Å². The van der Waals surface area contributed by atoms with E-state index in [-0.39, 0.29) is 46.6 Å². The number of carbonyl (C=O) groups is 4. The van der Waals surface area contributed by atoms with Gasteiger partial charge in [-0.3, -0.25) is 29.3 Å². The van der Waals surface area contributed by atoms with Gasteiger partial charge in [-0.1, -0.05) is 24.3 Å². The van der Waals surface area contributed by atoms with Crippen molar-refractivity contribution in [3.05, 3.63) is 105 Å². The molecule has 10 nitrogen and oxygen atoms in total. The van der Waals surface area contributed by atoms with Crippen LogP contribution in [0.4, 0.5) is 0 Å². The molecule has 0 saturated heterocycles. The third-order valence-electron chi connectivity index (χ3n) is 4.98. The molecule has 0 bridgehead atoms. The number of rotatable bonds is 9. The molecule has 10 heteroatoms. The summed E-state index contributed by atoms with van der Waals surface area (Å²) in [6.07, 6.45) is 3.49. The average Bonchev–Trinajstić information content (AvgIpc) is 2.87. The summed E-state index contributed by atoms with van der Waals surface area (Å²) >= 11 is 0. The smallest absolute Gasteiger partial charge is 0.235 e. The van der Waals surface area contributed by atoms with E-state index >= 15 is 0 Å². The number of phenolic OH excluding ortho intramolecular Hbond substituents is 3. The fourth-order valence-electron chi connectivity index (χ4n) is 3.27. The second-order valence-corrected chi connectivity index (χ2v) is 8.81. The fourth-order valence-corrected chi connectivity index (χ4v) is 3.27. The lowest BCUT2D eigenvalue weighted by molar-refractivity contribution is -0.400.